The lowest BCUT2D eigenvalue weighted by Crippen LogP contribution is -2.11. The predicted octanol–water partition coefficient (Wildman–Crippen LogP) is 2.42. The van der Waals surface area contributed by atoms with Crippen molar-refractivity contribution in [2.75, 3.05) is 14.2 Å². The molecule has 0 radical (unpaired) electrons. The van der Waals surface area contributed by atoms with Gasteiger partial charge in [0, 0.05) is 14.2 Å². The fourth-order valence-electron chi connectivity index (χ4n) is 1.42. The van der Waals surface area contributed by atoms with Crippen LogP contribution < -0.4 is 0 Å². The van der Waals surface area contributed by atoms with E-state index in [1.807, 2.05) is 30.3 Å². The van der Waals surface area contributed by atoms with E-state index < -0.39 is 13.4 Å². The van der Waals surface area contributed by atoms with Crippen molar-refractivity contribution >= 4 is 7.60 Å². The summed E-state index contributed by atoms with van der Waals surface area (Å²) in [7, 11) is -0.806. The maximum absolute atomic E-state index is 11.8. The van der Waals surface area contributed by atoms with E-state index in [1.54, 1.807) is 0 Å². The second kappa shape index (κ2) is 6.16. The van der Waals surface area contributed by atoms with E-state index in [4.69, 9.17) is 9.05 Å². The smallest absolute Gasteiger partial charge is 0.358 e. The van der Waals surface area contributed by atoms with Gasteiger partial charge in [-0.2, -0.15) is 0 Å². The second-order valence-corrected chi connectivity index (χ2v) is 5.82. The molecule has 1 rings (SSSR count). The average molecular weight is 244 g/mol. The molecule has 1 N–H and O–H groups in total. The summed E-state index contributed by atoms with van der Waals surface area (Å²) in [5.41, 5.74) is 1.08. The zero-order chi connectivity index (χ0) is 12.0. The molecule has 0 spiro atoms. The van der Waals surface area contributed by atoms with E-state index in [0.717, 1.165) is 5.56 Å². The molecule has 16 heavy (non-hydrogen) atoms. The molecule has 0 aromatic heterocycles. The molecule has 1 aromatic rings. The van der Waals surface area contributed by atoms with Crippen LogP contribution in [0.4, 0.5) is 0 Å². The van der Waals surface area contributed by atoms with Crippen LogP contribution in [0.3, 0.4) is 0 Å². The van der Waals surface area contributed by atoms with Crippen molar-refractivity contribution in [2.45, 2.75) is 18.7 Å². The molecule has 0 saturated heterocycles. The van der Waals surface area contributed by atoms with Crippen LogP contribution >= 0.6 is 7.60 Å². The molecule has 0 aliphatic heterocycles. The third-order valence-electron chi connectivity index (χ3n) is 2.41. The van der Waals surface area contributed by atoms with Crippen LogP contribution in [0.15, 0.2) is 30.3 Å². The summed E-state index contributed by atoms with van der Waals surface area (Å²) in [5, 5.41) is 9.72. The third kappa shape index (κ3) is 3.42. The Kier molecular flexibility index (Phi) is 5.16. The van der Waals surface area contributed by atoms with Crippen LogP contribution in [0.2, 0.25) is 0 Å². The number of hydrogen-bond acceptors (Lipinski definition) is 4. The summed E-state index contributed by atoms with van der Waals surface area (Å²) in [6.45, 7) is 0. The number of hydrogen-bond donors (Lipinski definition) is 1. The summed E-state index contributed by atoms with van der Waals surface area (Å²) in [6, 6.07) is 9.69. The Labute approximate surface area is 95.7 Å². The van der Waals surface area contributed by atoms with Gasteiger partial charge in [-0.25, -0.2) is 0 Å². The molecular weight excluding hydrogens is 227 g/mol. The molecule has 0 saturated carbocycles. The molecule has 90 valence electrons. The van der Waals surface area contributed by atoms with Crippen molar-refractivity contribution in [3.05, 3.63) is 35.9 Å². The lowest BCUT2D eigenvalue weighted by atomic mass is 10.1. The van der Waals surface area contributed by atoms with Crippen molar-refractivity contribution in [1.82, 2.24) is 0 Å². The molecule has 0 amide bonds. The zero-order valence-corrected chi connectivity index (χ0v) is 10.4. The third-order valence-corrected chi connectivity index (χ3v) is 4.41. The fourth-order valence-corrected chi connectivity index (χ4v) is 2.50. The van der Waals surface area contributed by atoms with Crippen molar-refractivity contribution in [2.24, 2.45) is 0 Å². The highest BCUT2D eigenvalue weighted by molar-refractivity contribution is 7.54. The highest BCUT2D eigenvalue weighted by atomic mass is 31.2. The van der Waals surface area contributed by atoms with Crippen molar-refractivity contribution < 1.29 is 18.7 Å². The van der Waals surface area contributed by atoms with E-state index >= 15 is 0 Å². The number of aliphatic hydroxyl groups is 1. The Hall–Kier alpha value is -0.670. The van der Waals surface area contributed by atoms with Gasteiger partial charge in [0.05, 0.1) is 0 Å². The van der Waals surface area contributed by atoms with Crippen molar-refractivity contribution in [3.8, 4) is 0 Å². The molecule has 4 nitrogen and oxygen atoms in total. The highest BCUT2D eigenvalue weighted by Gasteiger charge is 2.31. The van der Waals surface area contributed by atoms with Gasteiger partial charge in [-0.1, -0.05) is 30.3 Å². The first kappa shape index (κ1) is 13.4. The maximum atomic E-state index is 11.8. The zero-order valence-electron chi connectivity index (χ0n) is 9.50. The first-order chi connectivity index (χ1) is 7.62. The number of rotatable bonds is 6. The van der Waals surface area contributed by atoms with Gasteiger partial charge in [-0.3, -0.25) is 4.57 Å². The monoisotopic (exact) mass is 244 g/mol. The summed E-state index contributed by atoms with van der Waals surface area (Å²) in [6.07, 6.45) is 0.988. The molecule has 5 heteroatoms. The number of aliphatic hydroxyl groups excluding tert-OH is 1. The van der Waals surface area contributed by atoms with Crippen LogP contribution in [-0.2, 0) is 20.0 Å². The molecule has 1 atom stereocenters. The summed E-state index contributed by atoms with van der Waals surface area (Å²) in [5.74, 6) is -1.08. The van der Waals surface area contributed by atoms with Crippen molar-refractivity contribution in [3.63, 3.8) is 0 Å². The maximum Gasteiger partial charge on any atom is 0.358 e. The Bertz CT molecular complexity index is 344. The van der Waals surface area contributed by atoms with Gasteiger partial charge >= 0.3 is 7.60 Å². The second-order valence-electron chi connectivity index (χ2n) is 3.41. The van der Waals surface area contributed by atoms with E-state index in [9.17, 15) is 9.67 Å². The van der Waals surface area contributed by atoms with E-state index in [1.165, 1.54) is 14.2 Å². The molecule has 0 bridgehead atoms. The Morgan fingerprint density at radius 3 is 2.31 bits per heavy atom. The standard InChI is InChI=1S/C11H17O4P/c1-14-16(13,15-2)11(12)9-8-10-6-4-3-5-7-10/h3-7,11-12H,8-9H2,1-2H3/t11-/m0/s1. The first-order valence-corrected chi connectivity index (χ1v) is 6.66. The normalized spacial score (nSPS) is 13.7. The number of benzene rings is 1. The van der Waals surface area contributed by atoms with Crippen LogP contribution in [0.1, 0.15) is 12.0 Å². The van der Waals surface area contributed by atoms with Crippen LogP contribution in [-0.4, -0.2) is 25.2 Å². The first-order valence-electron chi connectivity index (χ1n) is 5.05. The largest absolute Gasteiger partial charge is 0.380 e. The van der Waals surface area contributed by atoms with Gasteiger partial charge < -0.3 is 14.2 Å². The molecule has 0 aliphatic carbocycles. The summed E-state index contributed by atoms with van der Waals surface area (Å²) >= 11 is 0. The topological polar surface area (TPSA) is 55.8 Å². The SMILES string of the molecule is COP(=O)(OC)[C@H](O)CCc1ccccc1. The molecule has 0 heterocycles. The van der Waals surface area contributed by atoms with Crippen LogP contribution in [0, 0.1) is 0 Å². The fraction of sp³-hybridized carbons (Fsp3) is 0.455. The molecule has 0 aliphatic rings. The highest BCUT2D eigenvalue weighted by Crippen LogP contribution is 2.51. The van der Waals surface area contributed by atoms with Crippen molar-refractivity contribution in [1.29, 1.82) is 0 Å². The lowest BCUT2D eigenvalue weighted by Gasteiger charge is -2.19. The minimum Gasteiger partial charge on any atom is -0.380 e. The van der Waals surface area contributed by atoms with E-state index in [0.29, 0.717) is 12.8 Å². The van der Waals surface area contributed by atoms with Gasteiger partial charge in [-0.05, 0) is 18.4 Å². The predicted molar refractivity (Wildman–Crippen MR) is 62.4 cm³/mol. The van der Waals surface area contributed by atoms with Crippen LogP contribution in [0.5, 0.6) is 0 Å². The lowest BCUT2D eigenvalue weighted by molar-refractivity contribution is 0.168. The molecule has 0 unspecified atom stereocenters. The number of aryl methyl sites for hydroxylation is 1. The molecule has 1 aromatic carbocycles. The van der Waals surface area contributed by atoms with Gasteiger partial charge in [0.1, 0.15) is 0 Å². The van der Waals surface area contributed by atoms with E-state index in [-0.39, 0.29) is 0 Å². The van der Waals surface area contributed by atoms with Crippen LogP contribution in [0.25, 0.3) is 0 Å². The van der Waals surface area contributed by atoms with Gasteiger partial charge in [-0.15, -0.1) is 0 Å². The van der Waals surface area contributed by atoms with Gasteiger partial charge in [0.15, 0.2) is 5.85 Å². The quantitative estimate of drug-likeness (QED) is 0.781. The van der Waals surface area contributed by atoms with E-state index in [2.05, 4.69) is 0 Å². The minimum atomic E-state index is -3.35. The minimum absolute atomic E-state index is 0.350. The average Bonchev–Trinajstić information content (AvgIpc) is 2.36. The molecular formula is C11H17O4P. The summed E-state index contributed by atoms with van der Waals surface area (Å²) < 4.78 is 21.2. The van der Waals surface area contributed by atoms with Gasteiger partial charge in [0.2, 0.25) is 0 Å². The summed E-state index contributed by atoms with van der Waals surface area (Å²) in [4.78, 5) is 0. The Morgan fingerprint density at radius 2 is 1.81 bits per heavy atom. The molecule has 0 fully saturated rings. The Morgan fingerprint density at radius 1 is 1.25 bits per heavy atom. The van der Waals surface area contributed by atoms with Gasteiger partial charge in [0.25, 0.3) is 0 Å². The Balaban J connectivity index is 2.53.